The van der Waals surface area contributed by atoms with Crippen molar-refractivity contribution in [3.63, 3.8) is 0 Å². The van der Waals surface area contributed by atoms with E-state index in [9.17, 15) is 13.6 Å². The highest BCUT2D eigenvalue weighted by Gasteiger charge is 2.35. The number of nitrogens with zero attached hydrogens (tertiary/aromatic N) is 5. The minimum Gasteiger partial charge on any atom is -0.479 e. The van der Waals surface area contributed by atoms with Crippen molar-refractivity contribution < 1.29 is 18.3 Å². The van der Waals surface area contributed by atoms with Gasteiger partial charge in [0.2, 0.25) is 17.8 Å². The molecule has 0 aromatic carbocycles. The van der Waals surface area contributed by atoms with Crippen molar-refractivity contribution in [2.24, 2.45) is 0 Å². The van der Waals surface area contributed by atoms with Crippen LogP contribution in [0.2, 0.25) is 0 Å². The van der Waals surface area contributed by atoms with Crippen molar-refractivity contribution in [3.8, 4) is 17.0 Å². The number of nitrogens with one attached hydrogen (secondary N) is 2. The van der Waals surface area contributed by atoms with Crippen molar-refractivity contribution in [2.45, 2.75) is 37.6 Å². The van der Waals surface area contributed by atoms with Crippen molar-refractivity contribution in [3.05, 3.63) is 42.4 Å². The molecule has 1 saturated carbocycles. The molecule has 5 rings (SSSR count). The maximum absolute atomic E-state index is 13.5. The molecule has 0 radical (unpaired) electrons. The summed E-state index contributed by atoms with van der Waals surface area (Å²) in [5, 5.41) is 14.5. The lowest BCUT2D eigenvalue weighted by atomic mass is 9.92. The maximum Gasteiger partial charge on any atom is 0.254 e. The van der Waals surface area contributed by atoms with Gasteiger partial charge in [0, 0.05) is 43.9 Å². The summed E-state index contributed by atoms with van der Waals surface area (Å²) in [6.07, 6.45) is 5.51. The van der Waals surface area contributed by atoms with E-state index < -0.39 is 5.92 Å². The number of carbonyl (C=O) groups is 1. The minimum atomic E-state index is -2.59. The van der Waals surface area contributed by atoms with E-state index in [2.05, 4.69) is 25.8 Å². The molecule has 1 aliphatic carbocycles. The Hall–Kier alpha value is -3.76. The molecule has 4 heterocycles. The summed E-state index contributed by atoms with van der Waals surface area (Å²) in [6, 6.07) is 5.53. The third kappa shape index (κ3) is 3.83. The molecule has 0 saturated heterocycles. The number of amides is 1. The summed E-state index contributed by atoms with van der Waals surface area (Å²) in [5.41, 5.74) is 3.45. The van der Waals surface area contributed by atoms with Gasteiger partial charge in [-0.3, -0.25) is 4.79 Å². The molecule has 4 aromatic heterocycles. The predicted octanol–water partition coefficient (Wildman–Crippen LogP) is 3.40. The Kier molecular flexibility index (Phi) is 5.10. The number of hydrogen-bond acceptors (Lipinski definition) is 6. The number of halogens is 2. The lowest BCUT2D eigenvalue weighted by Crippen LogP contribution is -2.32. The predicted molar refractivity (Wildman–Crippen MR) is 118 cm³/mol. The fourth-order valence-corrected chi connectivity index (χ4v) is 4.25. The monoisotopic (exact) mass is 455 g/mol. The molecule has 4 aromatic rings. The molecule has 0 unspecified atom stereocenters. The van der Waals surface area contributed by atoms with Crippen LogP contribution in [0.25, 0.3) is 22.2 Å². The molecule has 1 amide bonds. The molecule has 33 heavy (non-hydrogen) atoms. The van der Waals surface area contributed by atoms with Gasteiger partial charge < -0.3 is 15.4 Å². The summed E-state index contributed by atoms with van der Waals surface area (Å²) >= 11 is 0. The lowest BCUT2D eigenvalue weighted by Gasteiger charge is -2.28. The highest BCUT2D eigenvalue weighted by molar-refractivity contribution is 6.01. The van der Waals surface area contributed by atoms with E-state index in [1.807, 2.05) is 18.2 Å². The fourth-order valence-electron chi connectivity index (χ4n) is 4.25. The smallest absolute Gasteiger partial charge is 0.254 e. The van der Waals surface area contributed by atoms with Gasteiger partial charge in [-0.15, -0.1) is 5.10 Å². The third-order valence-corrected chi connectivity index (χ3v) is 6.03. The average molecular weight is 455 g/mol. The van der Waals surface area contributed by atoms with Crippen molar-refractivity contribution in [1.29, 1.82) is 0 Å². The summed E-state index contributed by atoms with van der Waals surface area (Å²) in [7, 11) is 3.09. The van der Waals surface area contributed by atoms with Gasteiger partial charge in [-0.05, 0) is 36.6 Å². The Labute approximate surface area is 187 Å². The molecule has 172 valence electrons. The van der Waals surface area contributed by atoms with Crippen molar-refractivity contribution in [1.82, 2.24) is 29.5 Å². The number of rotatable bonds is 5. The van der Waals surface area contributed by atoms with E-state index in [1.54, 1.807) is 28.5 Å². The second-order valence-corrected chi connectivity index (χ2v) is 8.12. The van der Waals surface area contributed by atoms with E-state index in [1.165, 1.54) is 13.3 Å². The van der Waals surface area contributed by atoms with Gasteiger partial charge in [0.15, 0.2) is 0 Å². The minimum absolute atomic E-state index is 0.116. The van der Waals surface area contributed by atoms with Crippen LogP contribution in [0.1, 0.15) is 36.0 Å². The van der Waals surface area contributed by atoms with Gasteiger partial charge >= 0.3 is 0 Å². The van der Waals surface area contributed by atoms with Crippen LogP contribution in [0, 0.1) is 0 Å². The topological polar surface area (TPSA) is 97.9 Å². The molecule has 9 nitrogen and oxygen atoms in total. The van der Waals surface area contributed by atoms with Gasteiger partial charge in [0.05, 0.1) is 24.4 Å². The molecule has 11 heteroatoms. The number of aromatic nitrogens is 5. The molecule has 1 aliphatic rings. The van der Waals surface area contributed by atoms with Crippen LogP contribution in [0.3, 0.4) is 0 Å². The van der Waals surface area contributed by atoms with E-state index in [0.29, 0.717) is 41.3 Å². The summed E-state index contributed by atoms with van der Waals surface area (Å²) < 4.78 is 35.8. The first kappa shape index (κ1) is 21.1. The Morgan fingerprint density at radius 2 is 1.97 bits per heavy atom. The van der Waals surface area contributed by atoms with Gasteiger partial charge in [-0.1, -0.05) is 0 Å². The summed E-state index contributed by atoms with van der Waals surface area (Å²) in [5.74, 6) is -2.14. The highest BCUT2D eigenvalue weighted by Crippen LogP contribution is 2.35. The zero-order valence-corrected chi connectivity index (χ0v) is 18.2. The third-order valence-electron chi connectivity index (χ3n) is 6.03. The molecular formula is C22H23F2N7O2. The Morgan fingerprint density at radius 3 is 2.70 bits per heavy atom. The molecule has 0 aliphatic heterocycles. The lowest BCUT2D eigenvalue weighted by molar-refractivity contribution is -0.0361. The number of anilines is 1. The number of hydrogen-bond donors (Lipinski definition) is 2. The van der Waals surface area contributed by atoms with Crippen LogP contribution >= 0.6 is 0 Å². The number of pyridine rings is 1. The molecular weight excluding hydrogens is 432 g/mol. The average Bonchev–Trinajstić information content (AvgIpc) is 3.43. The zero-order chi connectivity index (χ0) is 23.2. The number of carbonyl (C=O) groups excluding carboxylic acids is 1. The van der Waals surface area contributed by atoms with Crippen LogP contribution in [0.15, 0.2) is 36.8 Å². The molecule has 0 bridgehead atoms. The second-order valence-electron chi connectivity index (χ2n) is 8.12. The Balaban J connectivity index is 1.51. The first-order valence-electron chi connectivity index (χ1n) is 10.7. The first-order valence-corrected chi connectivity index (χ1v) is 10.7. The van der Waals surface area contributed by atoms with Crippen molar-refractivity contribution in [2.75, 3.05) is 19.5 Å². The van der Waals surface area contributed by atoms with E-state index >= 15 is 0 Å². The van der Waals surface area contributed by atoms with E-state index in [-0.39, 0.29) is 24.8 Å². The van der Waals surface area contributed by atoms with E-state index in [4.69, 9.17) is 4.74 Å². The standard InChI is InChI=1S/C22H23F2N7O2/c1-25-19(32)16-12-26-30-9-5-13(11-17(16)30)15-6-10-31-18(15)20(33-2)28-21(29-31)27-14-3-7-22(23,24)8-4-14/h5-6,9-12,14H,3-4,7-8H2,1-2H3,(H,25,32)(H,27,29). The number of alkyl halides is 2. The largest absolute Gasteiger partial charge is 0.479 e. The SMILES string of the molecule is CNC(=O)c1cnn2ccc(-c3ccn4nc(NC5CCC(F)(F)CC5)nc(OC)c34)cc12. The Bertz CT molecular complexity index is 1340. The maximum atomic E-state index is 13.5. The number of fused-ring (bicyclic) bond motifs is 2. The van der Waals surface area contributed by atoms with Crippen LogP contribution in [0.4, 0.5) is 14.7 Å². The fraction of sp³-hybridized carbons (Fsp3) is 0.364. The van der Waals surface area contributed by atoms with Gasteiger partial charge in [0.25, 0.3) is 5.91 Å². The Morgan fingerprint density at radius 1 is 1.21 bits per heavy atom. The molecule has 2 N–H and O–H groups in total. The quantitative estimate of drug-likeness (QED) is 0.479. The van der Waals surface area contributed by atoms with E-state index in [0.717, 1.165) is 11.1 Å². The van der Waals surface area contributed by atoms with Gasteiger partial charge in [-0.2, -0.15) is 10.1 Å². The first-order chi connectivity index (χ1) is 15.9. The number of methoxy groups -OCH3 is 1. The van der Waals surface area contributed by atoms with Crippen LogP contribution in [-0.4, -0.2) is 56.2 Å². The summed E-state index contributed by atoms with van der Waals surface area (Å²) in [4.78, 5) is 16.7. The van der Waals surface area contributed by atoms with Crippen LogP contribution in [-0.2, 0) is 0 Å². The van der Waals surface area contributed by atoms with Gasteiger partial charge in [0.1, 0.15) is 5.52 Å². The zero-order valence-electron chi connectivity index (χ0n) is 18.2. The second kappa shape index (κ2) is 7.98. The summed E-state index contributed by atoms with van der Waals surface area (Å²) in [6.45, 7) is 0. The van der Waals surface area contributed by atoms with Crippen LogP contribution in [0.5, 0.6) is 5.88 Å². The molecule has 0 spiro atoms. The van der Waals surface area contributed by atoms with Crippen LogP contribution < -0.4 is 15.4 Å². The van der Waals surface area contributed by atoms with Crippen molar-refractivity contribution >= 4 is 22.9 Å². The molecule has 1 fully saturated rings. The highest BCUT2D eigenvalue weighted by atomic mass is 19.3. The normalized spacial score (nSPS) is 16.2. The molecule has 0 atom stereocenters. The van der Waals surface area contributed by atoms with Gasteiger partial charge in [-0.25, -0.2) is 17.8 Å². The number of ether oxygens (including phenoxy) is 1.